The summed E-state index contributed by atoms with van der Waals surface area (Å²) >= 11 is 2.51. The van der Waals surface area contributed by atoms with E-state index in [-0.39, 0.29) is 28.4 Å². The van der Waals surface area contributed by atoms with E-state index in [0.717, 1.165) is 6.26 Å². The van der Waals surface area contributed by atoms with E-state index in [1.807, 2.05) is 0 Å². The third kappa shape index (κ3) is 14.5. The molecule has 0 aliphatic carbocycles. The van der Waals surface area contributed by atoms with Gasteiger partial charge in [0.15, 0.2) is 0 Å². The predicted molar refractivity (Wildman–Crippen MR) is 290 cm³/mol. The van der Waals surface area contributed by atoms with Gasteiger partial charge in [-0.05, 0) is 77.5 Å². The third-order valence-electron chi connectivity index (χ3n) is 13.9. The summed E-state index contributed by atoms with van der Waals surface area (Å²) in [5.74, 6) is -4.59. The normalized spacial score (nSPS) is 29.9. The minimum atomic E-state index is -1.74. The molecule has 2 aliphatic rings. The van der Waals surface area contributed by atoms with Crippen LogP contribution in [-0.4, -0.2) is 206 Å². The summed E-state index contributed by atoms with van der Waals surface area (Å²) in [5.41, 5.74) is 1.70. The number of aromatic nitrogens is 4. The number of aliphatic hydroxyl groups excluding tert-OH is 6. The van der Waals surface area contributed by atoms with Gasteiger partial charge in [-0.25, -0.2) is 14.8 Å². The van der Waals surface area contributed by atoms with Crippen LogP contribution in [0.25, 0.3) is 22.1 Å². The maximum Gasteiger partial charge on any atom is 0.328 e. The first-order valence-electron chi connectivity index (χ1n) is 25.1. The molecule has 0 saturated carbocycles. The lowest BCUT2D eigenvalue weighted by Gasteiger charge is -2.46. The highest BCUT2D eigenvalue weighted by Crippen LogP contribution is 2.35. The first-order chi connectivity index (χ1) is 36.4. The molecule has 25 heteroatoms. The molecule has 9 N–H and O–H groups in total. The van der Waals surface area contributed by atoms with Crippen molar-refractivity contribution in [3.05, 3.63) is 96.4 Å². The van der Waals surface area contributed by atoms with Gasteiger partial charge in [0.05, 0.1) is 74.1 Å². The number of hydrogen-bond donors (Lipinski definition) is 9. The number of fused-ring (bicyclic) bond motifs is 6. The SMILES string of the molecule is C=C1NC(=O)/C(C[C@H](O)c2cnc3ccccc3n2)=C\OC(=O)[C@H](C(C)C)N(C)[C@@H](O)[C@@H]2[C@H](SC)SC[C@@H]([C@H](O)N(C)[C@@H](C(C)C)C(=O)OC[C@@H](N[C@H](O)c3cnc4ccccc4n3)C(=O)N[C@@H](C)[C@@H](O)N2C)N(C)[C@@H]1O. The fourth-order valence-corrected chi connectivity index (χ4v) is 12.1. The molecule has 2 amide bonds. The average molecular weight is 1110 g/mol. The second-order valence-corrected chi connectivity index (χ2v) is 22.5. The number of hydrogen-bond acceptors (Lipinski definition) is 23. The Balaban J connectivity index is 1.44. The van der Waals surface area contributed by atoms with Crippen LogP contribution in [0.3, 0.4) is 0 Å². The van der Waals surface area contributed by atoms with Crippen LogP contribution in [0.4, 0.5) is 0 Å². The van der Waals surface area contributed by atoms with Crippen LogP contribution < -0.4 is 16.0 Å². The second kappa shape index (κ2) is 27.1. The van der Waals surface area contributed by atoms with E-state index < -0.39 is 127 Å². The molecule has 2 aromatic heterocycles. The van der Waals surface area contributed by atoms with Gasteiger partial charge < -0.3 is 50.7 Å². The van der Waals surface area contributed by atoms with Crippen LogP contribution in [0.15, 0.2) is 85.0 Å². The number of aliphatic hydroxyl groups is 6. The van der Waals surface area contributed by atoms with Crippen molar-refractivity contribution in [2.24, 2.45) is 11.8 Å². The van der Waals surface area contributed by atoms with Gasteiger partial charge in [-0.3, -0.25) is 49.3 Å². The number of cyclic esters (lactones) is 2. The van der Waals surface area contributed by atoms with E-state index in [2.05, 4.69) is 42.5 Å². The van der Waals surface area contributed by atoms with Crippen LogP contribution in [-0.2, 0) is 28.7 Å². The molecule has 420 valence electrons. The number of ether oxygens (including phenoxy) is 2. The standard InChI is InChI=1S/C52H73N11O12S2/c1-26(2)40-51(73)75-24-37(59-44(66)36-22-54-32-17-13-15-19-34(32)58-36)45(67)56-29(6)47(69)63(10)42-49(71)62(9)41(27(3)4)50(72)74-23-30(20-39(64)35-21-53-31-16-12-14-18-33(31)57-35)43(65)55-28(5)46(68)60(7)38(48(70)61(40)8)25-77-52(42)76-11/h12-19,21-23,26-27,29,37-42,44,46-49,52,59,64,66,68-71H,5,20,24-25H2,1-4,6-11H3,(H,55,65)(H,56,67)/b30-23-/t29-,37+,38-,39-,40-,41-,42+,44+,46+,47+,48-,49-,52+/m0/s1. The zero-order valence-corrected chi connectivity index (χ0v) is 46.5. The summed E-state index contributed by atoms with van der Waals surface area (Å²) in [7, 11) is 6.00. The number of likely N-dealkylation sites (N-methyl/N-ethyl adjacent to an activating group) is 4. The topological polar surface area (TPSA) is 309 Å². The summed E-state index contributed by atoms with van der Waals surface area (Å²) < 4.78 is 10.9. The monoisotopic (exact) mass is 1110 g/mol. The van der Waals surface area contributed by atoms with Crippen molar-refractivity contribution in [1.29, 1.82) is 0 Å². The lowest BCUT2D eigenvalue weighted by molar-refractivity contribution is -0.162. The van der Waals surface area contributed by atoms with Gasteiger partial charge in [0.25, 0.3) is 5.91 Å². The Morgan fingerprint density at radius 2 is 1.32 bits per heavy atom. The van der Waals surface area contributed by atoms with Crippen molar-refractivity contribution in [2.45, 2.75) is 119 Å². The molecule has 0 spiro atoms. The number of para-hydroxylation sites is 4. The highest BCUT2D eigenvalue weighted by Gasteiger charge is 2.45. The van der Waals surface area contributed by atoms with Crippen LogP contribution in [0, 0.1) is 11.8 Å². The van der Waals surface area contributed by atoms with Crippen LogP contribution in [0.1, 0.15) is 64.8 Å². The number of benzene rings is 2. The first-order valence-corrected chi connectivity index (χ1v) is 27.5. The molecule has 1 fully saturated rings. The first kappa shape index (κ1) is 61.0. The lowest BCUT2D eigenvalue weighted by Crippen LogP contribution is -2.63. The van der Waals surface area contributed by atoms with Crippen molar-refractivity contribution in [3.8, 4) is 0 Å². The Kier molecular flexibility index (Phi) is 21.4. The Morgan fingerprint density at radius 3 is 1.91 bits per heavy atom. The molecule has 0 unspecified atom stereocenters. The summed E-state index contributed by atoms with van der Waals surface area (Å²) in [4.78, 5) is 80.7. The minimum absolute atomic E-state index is 0.0455. The number of rotatable bonds is 9. The Hall–Kier alpha value is -5.26. The lowest BCUT2D eigenvalue weighted by atomic mass is 10.0. The van der Waals surface area contributed by atoms with Crippen LogP contribution in [0.2, 0.25) is 0 Å². The Bertz CT molecular complexity index is 2740. The number of carbonyl (C=O) groups is 4. The van der Waals surface area contributed by atoms with E-state index in [1.165, 1.54) is 90.6 Å². The zero-order valence-electron chi connectivity index (χ0n) is 44.9. The zero-order chi connectivity index (χ0) is 56.6. The van der Waals surface area contributed by atoms with E-state index >= 15 is 0 Å². The molecule has 2 aliphatic heterocycles. The largest absolute Gasteiger partial charge is 0.462 e. The number of amides is 2. The van der Waals surface area contributed by atoms with Crippen molar-refractivity contribution in [3.63, 3.8) is 0 Å². The van der Waals surface area contributed by atoms with E-state index in [4.69, 9.17) is 9.47 Å². The van der Waals surface area contributed by atoms with Gasteiger partial charge >= 0.3 is 11.9 Å². The van der Waals surface area contributed by atoms with Crippen molar-refractivity contribution < 1.29 is 59.3 Å². The maximum atomic E-state index is 14.4. The molecule has 6 rings (SSSR count). The van der Waals surface area contributed by atoms with E-state index in [0.29, 0.717) is 22.1 Å². The fourth-order valence-electron chi connectivity index (χ4n) is 9.43. The van der Waals surface area contributed by atoms with Crippen LogP contribution in [0.5, 0.6) is 0 Å². The second-order valence-electron chi connectivity index (χ2n) is 20.0. The highest BCUT2D eigenvalue weighted by molar-refractivity contribution is 8.16. The van der Waals surface area contributed by atoms with Gasteiger partial charge in [-0.2, -0.15) is 0 Å². The molecular formula is C52H73N11O12S2. The number of esters is 2. The molecule has 2 bridgehead atoms. The van der Waals surface area contributed by atoms with Gasteiger partial charge in [0.1, 0.15) is 73.9 Å². The number of thioether (sulfide) groups is 2. The average Bonchev–Trinajstić information content (AvgIpc) is 3.40. The van der Waals surface area contributed by atoms with E-state index in [1.54, 1.807) is 82.5 Å². The molecule has 0 radical (unpaired) electrons. The van der Waals surface area contributed by atoms with Gasteiger partial charge in [-0.1, -0.05) is 58.5 Å². The van der Waals surface area contributed by atoms with Gasteiger partial charge in [-0.15, -0.1) is 23.5 Å². The van der Waals surface area contributed by atoms with E-state index in [9.17, 15) is 49.8 Å². The fraction of sp³-hybridized carbons (Fsp3) is 0.538. The Morgan fingerprint density at radius 1 is 0.779 bits per heavy atom. The number of nitrogens with one attached hydrogen (secondary N) is 3. The van der Waals surface area contributed by atoms with Crippen molar-refractivity contribution in [2.75, 3.05) is 46.8 Å². The molecule has 4 aromatic rings. The molecule has 13 atom stereocenters. The van der Waals surface area contributed by atoms with Crippen molar-refractivity contribution >= 4 is 69.3 Å². The summed E-state index contributed by atoms with van der Waals surface area (Å²) in [6, 6.07) is 6.75. The summed E-state index contributed by atoms with van der Waals surface area (Å²) in [5, 5.41) is 80.7. The molecular weight excluding hydrogens is 1030 g/mol. The molecule has 77 heavy (non-hydrogen) atoms. The van der Waals surface area contributed by atoms with Crippen molar-refractivity contribution in [1.82, 2.24) is 55.5 Å². The molecule has 4 heterocycles. The van der Waals surface area contributed by atoms with Gasteiger partial charge in [0.2, 0.25) is 5.91 Å². The van der Waals surface area contributed by atoms with Crippen LogP contribution >= 0.6 is 23.5 Å². The minimum Gasteiger partial charge on any atom is -0.462 e. The smallest absolute Gasteiger partial charge is 0.328 e. The number of carbonyl (C=O) groups excluding carboxylic acids is 4. The highest BCUT2D eigenvalue weighted by atomic mass is 32.2. The van der Waals surface area contributed by atoms with Gasteiger partial charge in [0, 0.05) is 12.2 Å². The third-order valence-corrected chi connectivity index (χ3v) is 16.8. The predicted octanol–water partition coefficient (Wildman–Crippen LogP) is 0.987. The summed E-state index contributed by atoms with van der Waals surface area (Å²) in [6.07, 6.45) is -4.67. The quantitative estimate of drug-likeness (QED) is 0.0834. The maximum absolute atomic E-state index is 14.4. The molecule has 1 saturated heterocycles. The Labute approximate surface area is 456 Å². The summed E-state index contributed by atoms with van der Waals surface area (Å²) in [6.45, 7) is 11.8. The molecule has 23 nitrogen and oxygen atoms in total. The molecule has 2 aromatic carbocycles. The number of nitrogens with zero attached hydrogens (tertiary/aromatic N) is 8.